The zero-order valence-corrected chi connectivity index (χ0v) is 16.9. The summed E-state index contributed by atoms with van der Waals surface area (Å²) in [4.78, 5) is 12.2. The summed E-state index contributed by atoms with van der Waals surface area (Å²) in [5, 5.41) is 0.0209. The summed E-state index contributed by atoms with van der Waals surface area (Å²) in [6.07, 6.45) is 0. The van der Waals surface area contributed by atoms with Crippen molar-refractivity contribution in [2.75, 3.05) is 0 Å². The topological polar surface area (TPSA) is 35.5 Å². The summed E-state index contributed by atoms with van der Waals surface area (Å²) < 4.78 is 11.6. The van der Waals surface area contributed by atoms with Crippen molar-refractivity contribution >= 4 is 22.6 Å². The second-order valence-corrected chi connectivity index (χ2v) is 17.9. The first-order valence-corrected chi connectivity index (χ1v) is 12.9. The molecule has 0 bridgehead atoms. The first-order valence-electron chi connectivity index (χ1n) is 7.12. The van der Waals surface area contributed by atoms with Crippen LogP contribution in [0, 0.1) is 0 Å². The van der Waals surface area contributed by atoms with Gasteiger partial charge in [-0.25, -0.2) is 4.79 Å². The van der Waals surface area contributed by atoms with E-state index >= 15 is 0 Å². The molecule has 0 atom stereocenters. The molecule has 0 aliphatic carbocycles. The van der Waals surface area contributed by atoms with Crippen LogP contribution in [0.5, 0.6) is 0 Å². The van der Waals surface area contributed by atoms with Gasteiger partial charge in [-0.15, -0.1) is 0 Å². The van der Waals surface area contributed by atoms with Gasteiger partial charge in [0.25, 0.3) is 16.6 Å². The fourth-order valence-corrected chi connectivity index (χ4v) is 2.83. The molecule has 118 valence electrons. The maximum atomic E-state index is 12.2. The molecule has 0 spiro atoms. The van der Waals surface area contributed by atoms with Gasteiger partial charge < -0.3 is 8.85 Å². The molecule has 0 aromatic carbocycles. The Labute approximate surface area is 127 Å². The molecule has 0 amide bonds. The van der Waals surface area contributed by atoms with Crippen LogP contribution in [0.1, 0.15) is 41.5 Å². The van der Waals surface area contributed by atoms with E-state index in [9.17, 15) is 4.79 Å². The zero-order chi connectivity index (χ0) is 16.6. The molecule has 0 aromatic rings. The minimum Gasteiger partial charge on any atom is -0.539 e. The largest absolute Gasteiger partial charge is 0.539 e. The minimum absolute atomic E-state index is 0.0140. The molecule has 0 radical (unpaired) electrons. The van der Waals surface area contributed by atoms with Gasteiger partial charge in [0.2, 0.25) is 0 Å². The van der Waals surface area contributed by atoms with Crippen molar-refractivity contribution in [1.29, 1.82) is 0 Å². The zero-order valence-electron chi connectivity index (χ0n) is 14.9. The van der Waals surface area contributed by atoms with Gasteiger partial charge in [-0.1, -0.05) is 48.1 Å². The molecule has 0 aliphatic heterocycles. The molecule has 0 aliphatic rings. The Hall–Kier alpha value is -0.556. The van der Waals surface area contributed by atoms with E-state index in [1.54, 1.807) is 0 Å². The highest BCUT2D eigenvalue weighted by molar-refractivity contribution is 6.76. The first kappa shape index (κ1) is 19.4. The minimum atomic E-state index is -2.13. The highest BCUT2D eigenvalue weighted by atomic mass is 28.4. The monoisotopic (exact) mass is 316 g/mol. The van der Waals surface area contributed by atoms with E-state index in [0.717, 1.165) is 0 Å². The third-order valence-electron chi connectivity index (χ3n) is 4.57. The molecule has 0 rings (SSSR count). The van der Waals surface area contributed by atoms with Crippen molar-refractivity contribution in [3.05, 3.63) is 12.3 Å². The summed E-state index contributed by atoms with van der Waals surface area (Å²) in [6, 6.07) is 0. The molecule has 20 heavy (non-hydrogen) atoms. The average Bonchev–Trinajstić information content (AvgIpc) is 2.12. The fraction of sp³-hybridized carbons (Fsp3) is 0.800. The number of hydrogen-bond acceptors (Lipinski definition) is 3. The quantitative estimate of drug-likeness (QED) is 0.412. The Bertz CT molecular complexity index is 347. The smallest absolute Gasteiger partial charge is 0.358 e. The summed E-state index contributed by atoms with van der Waals surface area (Å²) in [7, 11) is -4.16. The highest BCUT2D eigenvalue weighted by Crippen LogP contribution is 2.39. The van der Waals surface area contributed by atoms with Crippen molar-refractivity contribution in [3.63, 3.8) is 0 Å². The second kappa shape index (κ2) is 5.68. The third-order valence-corrected chi connectivity index (χ3v) is 13.2. The maximum Gasteiger partial charge on any atom is 0.358 e. The Morgan fingerprint density at radius 2 is 1.10 bits per heavy atom. The second-order valence-electron chi connectivity index (χ2n) is 8.44. The lowest BCUT2D eigenvalue weighted by atomic mass is 10.2. The van der Waals surface area contributed by atoms with E-state index in [0.29, 0.717) is 0 Å². The average molecular weight is 317 g/mol. The lowest BCUT2D eigenvalue weighted by Crippen LogP contribution is -2.45. The molecular formula is C15H32O3Si2. The molecule has 0 saturated heterocycles. The third kappa shape index (κ3) is 4.77. The van der Waals surface area contributed by atoms with Crippen LogP contribution in [0.2, 0.25) is 36.3 Å². The molecule has 0 N–H and O–H groups in total. The van der Waals surface area contributed by atoms with E-state index < -0.39 is 22.6 Å². The van der Waals surface area contributed by atoms with Crippen LogP contribution in [-0.2, 0) is 13.6 Å². The predicted molar refractivity (Wildman–Crippen MR) is 90.7 cm³/mol. The predicted octanol–water partition coefficient (Wildman–Crippen LogP) is 5.07. The van der Waals surface area contributed by atoms with Gasteiger partial charge in [-0.05, 0) is 36.3 Å². The van der Waals surface area contributed by atoms with Crippen molar-refractivity contribution in [2.24, 2.45) is 0 Å². The Balaban J connectivity index is 4.88. The Morgan fingerprint density at radius 1 is 0.800 bits per heavy atom. The number of carbonyl (C=O) groups is 1. The van der Waals surface area contributed by atoms with Crippen molar-refractivity contribution < 1.29 is 13.6 Å². The summed E-state index contributed by atoms with van der Waals surface area (Å²) in [5.41, 5.74) is 0. The van der Waals surface area contributed by atoms with Crippen LogP contribution >= 0.6 is 0 Å². The molecule has 0 unspecified atom stereocenters. The van der Waals surface area contributed by atoms with Gasteiger partial charge in [0.1, 0.15) is 0 Å². The first-order chi connectivity index (χ1) is 8.51. The summed E-state index contributed by atoms with van der Waals surface area (Å²) in [5.74, 6) is -0.247. The lowest BCUT2D eigenvalue weighted by molar-refractivity contribution is -0.133. The van der Waals surface area contributed by atoms with Crippen molar-refractivity contribution in [3.8, 4) is 0 Å². The van der Waals surface area contributed by atoms with Gasteiger partial charge in [-0.2, -0.15) is 0 Å². The molecule has 3 nitrogen and oxygen atoms in total. The number of hydrogen-bond donors (Lipinski definition) is 0. The van der Waals surface area contributed by atoms with Crippen molar-refractivity contribution in [1.82, 2.24) is 0 Å². The van der Waals surface area contributed by atoms with E-state index in [2.05, 4.69) is 61.2 Å². The number of carbonyl (C=O) groups excluding carboxylic acids is 1. The van der Waals surface area contributed by atoms with Gasteiger partial charge in [0.05, 0.1) is 0 Å². The van der Waals surface area contributed by atoms with Crippen LogP contribution in [0.3, 0.4) is 0 Å². The highest BCUT2D eigenvalue weighted by Gasteiger charge is 2.43. The molecular weight excluding hydrogens is 284 g/mol. The Kier molecular flexibility index (Phi) is 5.52. The van der Waals surface area contributed by atoms with Gasteiger partial charge >= 0.3 is 5.97 Å². The van der Waals surface area contributed by atoms with Gasteiger partial charge in [0, 0.05) is 0 Å². The Morgan fingerprint density at radius 3 is 1.40 bits per heavy atom. The molecule has 5 heteroatoms. The van der Waals surface area contributed by atoms with E-state index in [1.165, 1.54) is 0 Å². The van der Waals surface area contributed by atoms with E-state index in [1.807, 2.05) is 13.1 Å². The van der Waals surface area contributed by atoms with Gasteiger partial charge in [-0.3, -0.25) is 0 Å². The van der Waals surface area contributed by atoms with Crippen LogP contribution < -0.4 is 0 Å². The molecule has 0 fully saturated rings. The van der Waals surface area contributed by atoms with Crippen molar-refractivity contribution in [2.45, 2.75) is 77.8 Å². The summed E-state index contributed by atoms with van der Waals surface area (Å²) in [6.45, 7) is 24.8. The standard InChI is InChI=1S/C15H32O3Si2/c1-12(17-19(8,9)14(2,3)4)13(16)18-20(10,11)15(5,6)7/h1H2,2-11H3. The van der Waals surface area contributed by atoms with E-state index in [-0.39, 0.29) is 15.8 Å². The van der Waals surface area contributed by atoms with Crippen LogP contribution in [-0.4, -0.2) is 22.6 Å². The van der Waals surface area contributed by atoms with Crippen LogP contribution in [0.25, 0.3) is 0 Å². The van der Waals surface area contributed by atoms with Gasteiger partial charge in [0.15, 0.2) is 5.76 Å². The SMILES string of the molecule is C=C(O[Si](C)(C)C(C)(C)C)C(=O)O[Si](C)(C)C(C)(C)C. The van der Waals surface area contributed by atoms with Crippen LogP contribution in [0.4, 0.5) is 0 Å². The molecule has 0 saturated carbocycles. The summed E-state index contributed by atoms with van der Waals surface area (Å²) >= 11 is 0. The van der Waals surface area contributed by atoms with Crippen LogP contribution in [0.15, 0.2) is 12.3 Å². The molecule has 0 aromatic heterocycles. The fourth-order valence-electron chi connectivity index (χ4n) is 0.945. The lowest BCUT2D eigenvalue weighted by Gasteiger charge is -2.38. The maximum absolute atomic E-state index is 12.2. The number of rotatable bonds is 4. The molecule has 0 heterocycles. The normalized spacial score (nSPS) is 13.9. The van der Waals surface area contributed by atoms with E-state index in [4.69, 9.17) is 8.85 Å².